The molecule has 0 aliphatic heterocycles. The Labute approximate surface area is 91.6 Å². The Hall–Kier alpha value is -0.470. The molecular formula is C12H20OS. The average Bonchev–Trinajstić information content (AvgIpc) is 2.15. The van der Waals surface area contributed by atoms with E-state index in [1.807, 2.05) is 30.8 Å². The van der Waals surface area contributed by atoms with Crippen molar-refractivity contribution in [2.24, 2.45) is 0 Å². The first-order chi connectivity index (χ1) is 6.70. The van der Waals surface area contributed by atoms with E-state index in [4.69, 9.17) is 5.11 Å². The van der Waals surface area contributed by atoms with E-state index in [-0.39, 0.29) is 6.10 Å². The number of aliphatic hydroxyl groups is 1. The van der Waals surface area contributed by atoms with Crippen molar-refractivity contribution in [1.29, 1.82) is 0 Å². The molecule has 1 atom stereocenters. The van der Waals surface area contributed by atoms with Crippen molar-refractivity contribution in [3.05, 3.63) is 37.0 Å². The van der Waals surface area contributed by atoms with Gasteiger partial charge >= 0.3 is 0 Å². The summed E-state index contributed by atoms with van der Waals surface area (Å²) in [6.45, 7) is 9.22. The predicted octanol–water partition coefficient (Wildman–Crippen LogP) is 3.18. The number of thioether (sulfide) groups is 1. The molecule has 0 aliphatic carbocycles. The van der Waals surface area contributed by atoms with Crippen LogP contribution in [0.4, 0.5) is 0 Å². The van der Waals surface area contributed by atoms with Gasteiger partial charge in [-0.3, -0.25) is 0 Å². The van der Waals surface area contributed by atoms with Crippen LogP contribution in [0, 0.1) is 0 Å². The number of hydrogen-bond donors (Lipinski definition) is 1. The Balaban J connectivity index is 3.47. The number of aliphatic hydroxyl groups excluding tert-OH is 1. The maximum Gasteiger partial charge on any atom is 0.0512 e. The van der Waals surface area contributed by atoms with Crippen LogP contribution in [-0.2, 0) is 0 Å². The van der Waals surface area contributed by atoms with Crippen molar-refractivity contribution in [1.82, 2.24) is 0 Å². The molecule has 0 aliphatic rings. The van der Waals surface area contributed by atoms with Crippen LogP contribution in [0.3, 0.4) is 0 Å². The van der Waals surface area contributed by atoms with Gasteiger partial charge in [-0.2, -0.15) is 11.8 Å². The zero-order chi connectivity index (χ0) is 10.8. The molecule has 0 heterocycles. The summed E-state index contributed by atoms with van der Waals surface area (Å²) in [5, 5.41) is 9.04. The molecular weight excluding hydrogens is 192 g/mol. The molecule has 0 radical (unpaired) electrons. The lowest BCUT2D eigenvalue weighted by atomic mass is 10.2. The first-order valence-electron chi connectivity index (χ1n) is 4.90. The molecule has 0 bridgehead atoms. The van der Waals surface area contributed by atoms with Gasteiger partial charge in [0, 0.05) is 5.75 Å². The van der Waals surface area contributed by atoms with E-state index in [1.165, 1.54) is 5.57 Å². The van der Waals surface area contributed by atoms with E-state index >= 15 is 0 Å². The molecule has 1 N–H and O–H groups in total. The van der Waals surface area contributed by atoms with Gasteiger partial charge in [0.05, 0.1) is 6.10 Å². The fourth-order valence-corrected chi connectivity index (χ4v) is 1.96. The van der Waals surface area contributed by atoms with Crippen molar-refractivity contribution in [3.8, 4) is 0 Å². The molecule has 0 aromatic rings. The summed E-state index contributed by atoms with van der Waals surface area (Å²) >= 11 is 1.87. The van der Waals surface area contributed by atoms with Crippen molar-refractivity contribution >= 4 is 11.8 Å². The van der Waals surface area contributed by atoms with Gasteiger partial charge in [-0.15, -0.1) is 0 Å². The van der Waals surface area contributed by atoms with Crippen LogP contribution in [0.1, 0.15) is 19.8 Å². The molecule has 0 fully saturated rings. The van der Waals surface area contributed by atoms with E-state index < -0.39 is 0 Å². The maximum absolute atomic E-state index is 9.04. The Morgan fingerprint density at radius 2 is 2.21 bits per heavy atom. The van der Waals surface area contributed by atoms with Crippen LogP contribution >= 0.6 is 11.8 Å². The summed E-state index contributed by atoms with van der Waals surface area (Å²) in [6, 6.07) is 0. The van der Waals surface area contributed by atoms with Gasteiger partial charge in [-0.1, -0.05) is 31.4 Å². The summed E-state index contributed by atoms with van der Waals surface area (Å²) in [4.78, 5) is 0. The van der Waals surface area contributed by atoms with Gasteiger partial charge in [0.1, 0.15) is 0 Å². The highest BCUT2D eigenvalue weighted by Crippen LogP contribution is 2.11. The summed E-state index contributed by atoms with van der Waals surface area (Å²) in [5.41, 5.74) is 1.21. The molecule has 0 saturated carbocycles. The lowest BCUT2D eigenvalue weighted by Gasteiger charge is -2.04. The highest BCUT2D eigenvalue weighted by molar-refractivity contribution is 7.99. The zero-order valence-corrected chi connectivity index (χ0v) is 9.72. The van der Waals surface area contributed by atoms with Gasteiger partial charge in [0.2, 0.25) is 0 Å². The van der Waals surface area contributed by atoms with Crippen molar-refractivity contribution in [2.75, 3.05) is 11.5 Å². The van der Waals surface area contributed by atoms with Gasteiger partial charge in [0.15, 0.2) is 0 Å². The second-order valence-electron chi connectivity index (χ2n) is 3.23. The fourth-order valence-electron chi connectivity index (χ4n) is 0.997. The van der Waals surface area contributed by atoms with E-state index in [2.05, 4.69) is 13.2 Å². The lowest BCUT2D eigenvalue weighted by Crippen LogP contribution is -1.99. The second-order valence-corrected chi connectivity index (χ2v) is 4.33. The number of rotatable bonds is 8. The van der Waals surface area contributed by atoms with E-state index in [9.17, 15) is 0 Å². The molecule has 0 rings (SSSR count). The Kier molecular flexibility index (Phi) is 8.79. The molecule has 0 aromatic heterocycles. The minimum atomic E-state index is -0.168. The standard InChI is InChI=1S/C12H20OS/c1-4-7-12(5-2)10-14-9-6-8-11(3)13/h4-5,7,11,13H,1-2,6,8-10H2,3H3/b12-7+. The summed E-state index contributed by atoms with van der Waals surface area (Å²) in [6.07, 6.45) is 7.42. The minimum absolute atomic E-state index is 0.168. The Morgan fingerprint density at radius 3 is 2.71 bits per heavy atom. The molecule has 80 valence electrons. The van der Waals surface area contributed by atoms with Gasteiger partial charge in [-0.05, 0) is 31.1 Å². The first-order valence-corrected chi connectivity index (χ1v) is 6.06. The maximum atomic E-state index is 9.04. The molecule has 2 heteroatoms. The van der Waals surface area contributed by atoms with Crippen LogP contribution < -0.4 is 0 Å². The van der Waals surface area contributed by atoms with Crippen molar-refractivity contribution in [3.63, 3.8) is 0 Å². The highest BCUT2D eigenvalue weighted by Gasteiger charge is 1.96. The van der Waals surface area contributed by atoms with E-state index in [1.54, 1.807) is 6.08 Å². The van der Waals surface area contributed by atoms with Gasteiger partial charge < -0.3 is 5.11 Å². The van der Waals surface area contributed by atoms with Crippen LogP contribution in [-0.4, -0.2) is 22.7 Å². The Morgan fingerprint density at radius 1 is 1.50 bits per heavy atom. The number of allylic oxidation sites excluding steroid dienone is 3. The largest absolute Gasteiger partial charge is 0.393 e. The molecule has 1 unspecified atom stereocenters. The SMILES string of the molecule is C=C/C=C(\C=C)CSCCCC(C)O. The third-order valence-electron chi connectivity index (χ3n) is 1.77. The van der Waals surface area contributed by atoms with E-state index in [0.717, 1.165) is 24.3 Å². The van der Waals surface area contributed by atoms with Crippen LogP contribution in [0.15, 0.2) is 37.0 Å². The monoisotopic (exact) mass is 212 g/mol. The summed E-state index contributed by atoms with van der Waals surface area (Å²) in [5.74, 6) is 2.07. The highest BCUT2D eigenvalue weighted by atomic mass is 32.2. The minimum Gasteiger partial charge on any atom is -0.393 e. The van der Waals surface area contributed by atoms with Gasteiger partial charge in [0.25, 0.3) is 0 Å². The van der Waals surface area contributed by atoms with Crippen LogP contribution in [0.2, 0.25) is 0 Å². The van der Waals surface area contributed by atoms with Crippen LogP contribution in [0.25, 0.3) is 0 Å². The molecule has 0 aromatic carbocycles. The van der Waals surface area contributed by atoms with Gasteiger partial charge in [-0.25, -0.2) is 0 Å². The molecule has 14 heavy (non-hydrogen) atoms. The lowest BCUT2D eigenvalue weighted by molar-refractivity contribution is 0.184. The van der Waals surface area contributed by atoms with Crippen molar-refractivity contribution < 1.29 is 5.11 Å². The average molecular weight is 212 g/mol. The topological polar surface area (TPSA) is 20.2 Å². The zero-order valence-electron chi connectivity index (χ0n) is 8.91. The third kappa shape index (κ3) is 8.14. The Bertz CT molecular complexity index is 194. The smallest absolute Gasteiger partial charge is 0.0512 e. The molecule has 1 nitrogen and oxygen atoms in total. The molecule has 0 spiro atoms. The second kappa shape index (κ2) is 9.10. The normalized spacial score (nSPS) is 13.7. The van der Waals surface area contributed by atoms with Crippen molar-refractivity contribution in [2.45, 2.75) is 25.9 Å². The third-order valence-corrected chi connectivity index (χ3v) is 2.89. The first kappa shape index (κ1) is 13.5. The number of hydrogen-bond acceptors (Lipinski definition) is 2. The molecule has 0 saturated heterocycles. The quantitative estimate of drug-likeness (QED) is 0.492. The predicted molar refractivity (Wildman–Crippen MR) is 66.7 cm³/mol. The summed E-state index contributed by atoms with van der Waals surface area (Å²) < 4.78 is 0. The van der Waals surface area contributed by atoms with E-state index in [0.29, 0.717) is 0 Å². The fraction of sp³-hybridized carbons (Fsp3) is 0.500. The summed E-state index contributed by atoms with van der Waals surface area (Å²) in [7, 11) is 0. The molecule has 0 amide bonds. The van der Waals surface area contributed by atoms with Crippen LogP contribution in [0.5, 0.6) is 0 Å².